The number of alkyl halides is 3. The highest BCUT2D eigenvalue weighted by atomic mass is 19.4. The second-order valence-corrected chi connectivity index (χ2v) is 7.81. The van der Waals surface area contributed by atoms with Gasteiger partial charge in [0.25, 0.3) is 0 Å². The predicted octanol–water partition coefficient (Wildman–Crippen LogP) is 5.44. The Morgan fingerprint density at radius 1 is 1.06 bits per heavy atom. The number of aryl methyl sites for hydroxylation is 2. The van der Waals surface area contributed by atoms with Crippen LogP contribution >= 0.6 is 0 Å². The molecule has 0 saturated heterocycles. The fourth-order valence-electron chi connectivity index (χ4n) is 3.99. The fourth-order valence-corrected chi connectivity index (χ4v) is 3.99. The molecule has 1 amide bonds. The molecule has 1 aliphatic heterocycles. The zero-order chi connectivity index (χ0) is 22.3. The Morgan fingerprint density at radius 3 is 2.52 bits per heavy atom. The molecular formula is C24H22F3N3O. The zero-order valence-corrected chi connectivity index (χ0v) is 17.4. The van der Waals surface area contributed by atoms with E-state index in [0.29, 0.717) is 12.1 Å². The summed E-state index contributed by atoms with van der Waals surface area (Å²) < 4.78 is 40.4. The van der Waals surface area contributed by atoms with Gasteiger partial charge in [0.05, 0.1) is 5.56 Å². The number of carbonyl (C=O) groups excluding carboxylic acids is 1. The first-order valence-corrected chi connectivity index (χ1v) is 9.92. The molecule has 1 aromatic heterocycles. The molecule has 160 valence electrons. The van der Waals surface area contributed by atoms with Gasteiger partial charge in [-0.1, -0.05) is 30.3 Å². The van der Waals surface area contributed by atoms with E-state index in [0.717, 1.165) is 28.9 Å². The van der Waals surface area contributed by atoms with E-state index in [2.05, 4.69) is 4.98 Å². The van der Waals surface area contributed by atoms with Crippen LogP contribution in [0.5, 0.6) is 0 Å². The monoisotopic (exact) mass is 425 g/mol. The lowest BCUT2D eigenvalue weighted by Gasteiger charge is -2.30. The summed E-state index contributed by atoms with van der Waals surface area (Å²) in [6, 6.07) is 16.3. The number of amides is 1. The molecule has 31 heavy (non-hydrogen) atoms. The Hall–Kier alpha value is -3.35. The first kappa shape index (κ1) is 20.9. The van der Waals surface area contributed by atoms with Gasteiger partial charge in [-0.05, 0) is 55.3 Å². The van der Waals surface area contributed by atoms with Gasteiger partial charge in [-0.15, -0.1) is 0 Å². The van der Waals surface area contributed by atoms with Gasteiger partial charge >= 0.3 is 6.18 Å². The van der Waals surface area contributed by atoms with Crippen molar-refractivity contribution in [2.24, 2.45) is 0 Å². The Kier molecular flexibility index (Phi) is 5.21. The van der Waals surface area contributed by atoms with Crippen molar-refractivity contribution in [3.63, 3.8) is 0 Å². The number of benzene rings is 2. The number of rotatable bonds is 3. The fraction of sp³-hybridized carbons (Fsp3) is 0.250. The number of fused-ring (bicyclic) bond motifs is 1. The Labute approximate surface area is 178 Å². The topological polar surface area (TPSA) is 36.4 Å². The maximum Gasteiger partial charge on any atom is 0.416 e. The number of carbonyl (C=O) groups is 1. The Bertz CT molecular complexity index is 1140. The van der Waals surface area contributed by atoms with Crippen molar-refractivity contribution in [1.82, 2.24) is 4.98 Å². The van der Waals surface area contributed by atoms with Gasteiger partial charge in [-0.2, -0.15) is 13.2 Å². The van der Waals surface area contributed by atoms with Gasteiger partial charge in [0.15, 0.2) is 0 Å². The molecule has 0 spiro atoms. The number of halogens is 3. The van der Waals surface area contributed by atoms with Crippen LogP contribution in [0.3, 0.4) is 0 Å². The summed E-state index contributed by atoms with van der Waals surface area (Å²) in [5.74, 6) is -0.0908. The van der Waals surface area contributed by atoms with E-state index in [1.54, 1.807) is 16.8 Å². The molecule has 1 atom stereocenters. The third-order valence-corrected chi connectivity index (χ3v) is 5.49. The molecule has 4 rings (SSSR count). The van der Waals surface area contributed by atoms with Gasteiger partial charge < -0.3 is 9.80 Å². The normalized spacial score (nSPS) is 15.7. The molecule has 1 aliphatic rings. The van der Waals surface area contributed by atoms with E-state index in [4.69, 9.17) is 0 Å². The first-order chi connectivity index (χ1) is 14.6. The summed E-state index contributed by atoms with van der Waals surface area (Å²) in [7, 11) is 1.68. The smallest absolute Gasteiger partial charge is 0.314 e. The summed E-state index contributed by atoms with van der Waals surface area (Å²) in [6.07, 6.45) is -4.11. The van der Waals surface area contributed by atoms with E-state index in [9.17, 15) is 18.0 Å². The number of nitrogens with zero attached hydrogens (tertiary/aromatic N) is 3. The second kappa shape index (κ2) is 7.72. The van der Waals surface area contributed by atoms with Gasteiger partial charge in [0.1, 0.15) is 11.9 Å². The molecule has 2 aromatic carbocycles. The van der Waals surface area contributed by atoms with Crippen LogP contribution < -0.4 is 9.80 Å². The highest BCUT2D eigenvalue weighted by molar-refractivity contribution is 6.01. The molecule has 0 fully saturated rings. The van der Waals surface area contributed by atoms with Crippen molar-refractivity contribution in [2.75, 3.05) is 16.8 Å². The summed E-state index contributed by atoms with van der Waals surface area (Å²) in [6.45, 7) is 3.46. The van der Waals surface area contributed by atoms with Crippen molar-refractivity contribution in [3.8, 4) is 0 Å². The Balaban J connectivity index is 1.78. The molecule has 3 aromatic rings. The van der Waals surface area contributed by atoms with Gasteiger partial charge in [0, 0.05) is 30.5 Å². The third-order valence-electron chi connectivity index (χ3n) is 5.49. The van der Waals surface area contributed by atoms with Crippen LogP contribution in [0.4, 0.5) is 30.4 Å². The summed E-state index contributed by atoms with van der Waals surface area (Å²) in [5.41, 5.74) is 2.80. The van der Waals surface area contributed by atoms with E-state index in [-0.39, 0.29) is 17.4 Å². The van der Waals surface area contributed by atoms with Crippen LogP contribution in [0.15, 0.2) is 60.7 Å². The molecule has 0 unspecified atom stereocenters. The van der Waals surface area contributed by atoms with E-state index >= 15 is 0 Å². The minimum Gasteiger partial charge on any atom is -0.314 e. The summed E-state index contributed by atoms with van der Waals surface area (Å²) >= 11 is 0. The molecule has 0 radical (unpaired) electrons. The number of anilines is 3. The first-order valence-electron chi connectivity index (χ1n) is 9.92. The van der Waals surface area contributed by atoms with Crippen LogP contribution in [0.1, 0.15) is 22.4 Å². The predicted molar refractivity (Wildman–Crippen MR) is 115 cm³/mol. The number of aromatic nitrogens is 1. The summed E-state index contributed by atoms with van der Waals surface area (Å²) in [5, 5.41) is 0. The molecule has 0 bridgehead atoms. The average Bonchev–Trinajstić information content (AvgIpc) is 3.11. The number of hydrogen-bond acceptors (Lipinski definition) is 3. The quantitative estimate of drug-likeness (QED) is 0.561. The molecule has 0 N–H and O–H groups in total. The lowest BCUT2D eigenvalue weighted by Crippen LogP contribution is -2.44. The van der Waals surface area contributed by atoms with Crippen molar-refractivity contribution < 1.29 is 18.0 Å². The number of pyridine rings is 1. The molecule has 2 heterocycles. The second-order valence-electron chi connectivity index (χ2n) is 7.81. The minimum atomic E-state index is -4.50. The highest BCUT2D eigenvalue weighted by Gasteiger charge is 2.39. The average molecular weight is 425 g/mol. The van der Waals surface area contributed by atoms with Crippen LogP contribution in [-0.2, 0) is 17.4 Å². The molecule has 0 aliphatic carbocycles. The number of para-hydroxylation sites is 1. The van der Waals surface area contributed by atoms with Gasteiger partial charge in [0.2, 0.25) is 5.91 Å². The maximum absolute atomic E-state index is 13.5. The van der Waals surface area contributed by atoms with Crippen LogP contribution in [0.2, 0.25) is 0 Å². The van der Waals surface area contributed by atoms with Crippen LogP contribution in [0.25, 0.3) is 0 Å². The maximum atomic E-state index is 13.5. The SMILES string of the molecule is Cc1cccc(N(C)C(=O)[C@H]2Cc3ccccc3N2c2cc(C(F)(F)F)cc(C)n2)c1. The van der Waals surface area contributed by atoms with Crippen molar-refractivity contribution >= 4 is 23.1 Å². The van der Waals surface area contributed by atoms with Crippen molar-refractivity contribution in [2.45, 2.75) is 32.5 Å². The van der Waals surface area contributed by atoms with Crippen LogP contribution in [0, 0.1) is 13.8 Å². The van der Waals surface area contributed by atoms with Crippen molar-refractivity contribution in [3.05, 3.63) is 83.0 Å². The van der Waals surface area contributed by atoms with E-state index in [1.807, 2.05) is 55.5 Å². The van der Waals surface area contributed by atoms with E-state index in [1.165, 1.54) is 6.92 Å². The highest BCUT2D eigenvalue weighted by Crippen LogP contribution is 2.40. The Morgan fingerprint density at radius 2 is 1.81 bits per heavy atom. The molecule has 4 nitrogen and oxygen atoms in total. The molecule has 7 heteroatoms. The molecule has 0 saturated carbocycles. The van der Waals surface area contributed by atoms with Gasteiger partial charge in [-0.3, -0.25) is 4.79 Å². The van der Waals surface area contributed by atoms with Gasteiger partial charge in [-0.25, -0.2) is 4.98 Å². The van der Waals surface area contributed by atoms with E-state index < -0.39 is 17.8 Å². The van der Waals surface area contributed by atoms with Crippen molar-refractivity contribution in [1.29, 1.82) is 0 Å². The molecular weight excluding hydrogens is 403 g/mol. The standard InChI is InChI=1S/C24H22F3N3O/c1-15-7-6-9-19(11-15)29(3)23(31)21-13-17-8-4-5-10-20(17)30(21)22-14-18(24(25,26)27)12-16(2)28-22/h4-12,14,21H,13H2,1-3H3/t21-/m1/s1. The minimum absolute atomic E-state index is 0.119. The summed E-state index contributed by atoms with van der Waals surface area (Å²) in [4.78, 5) is 21.1. The number of hydrogen-bond donors (Lipinski definition) is 0. The zero-order valence-electron chi connectivity index (χ0n) is 17.4. The number of likely N-dealkylation sites (N-methyl/N-ethyl adjacent to an activating group) is 1. The lowest BCUT2D eigenvalue weighted by molar-refractivity contribution is -0.137. The largest absolute Gasteiger partial charge is 0.416 e. The van der Waals surface area contributed by atoms with Crippen LogP contribution in [-0.4, -0.2) is 24.0 Å². The lowest BCUT2D eigenvalue weighted by atomic mass is 10.1. The third kappa shape index (κ3) is 4.00.